The van der Waals surface area contributed by atoms with Gasteiger partial charge in [-0.15, -0.1) is 0 Å². The lowest BCUT2D eigenvalue weighted by atomic mass is 9.40. The lowest BCUT2D eigenvalue weighted by Crippen LogP contribution is -2.63. The van der Waals surface area contributed by atoms with E-state index < -0.39 is 0 Å². The van der Waals surface area contributed by atoms with Gasteiger partial charge in [0.15, 0.2) is 5.69 Å². The van der Waals surface area contributed by atoms with E-state index in [0.717, 1.165) is 10.9 Å². The average Bonchev–Trinajstić information content (AvgIpc) is 2.97. The first-order chi connectivity index (χ1) is 18.8. The smallest absolute Gasteiger partial charge is 0.328 e. The molecule has 0 radical (unpaired) electrons. The van der Waals surface area contributed by atoms with E-state index in [1.807, 2.05) is 36.2 Å². The Morgan fingerprint density at radius 3 is 1.85 bits per heavy atom. The summed E-state index contributed by atoms with van der Waals surface area (Å²) in [4.78, 5) is 7.59. The maximum absolute atomic E-state index is 10.3. The quantitative estimate of drug-likeness (QED) is 0.254. The molecule has 182 valence electrons. The summed E-state index contributed by atoms with van der Waals surface area (Å²) in [7, 11) is 1.85. The first-order valence-electron chi connectivity index (χ1n) is 12.5. The van der Waals surface area contributed by atoms with Gasteiger partial charge in [-0.3, -0.25) is 0 Å². The largest absolute Gasteiger partial charge is 0.371 e. The third-order valence-electron chi connectivity index (χ3n) is 7.98. The molecule has 6 rings (SSSR count). The van der Waals surface area contributed by atoms with Gasteiger partial charge in [0.1, 0.15) is 12.1 Å². The highest BCUT2D eigenvalue weighted by atomic mass is 15.2. The number of anilines is 4. The molecule has 7 heteroatoms. The van der Waals surface area contributed by atoms with Crippen molar-refractivity contribution in [1.82, 2.24) is 0 Å². The predicted molar refractivity (Wildman–Crippen MR) is 154 cm³/mol. The summed E-state index contributed by atoms with van der Waals surface area (Å²) >= 11 is 0. The number of rotatable bonds is 1. The van der Waals surface area contributed by atoms with Crippen molar-refractivity contribution in [2.45, 2.75) is 19.3 Å². The Balaban J connectivity index is 1.80. The monoisotopic (exact) mass is 500 g/mol. The zero-order chi connectivity index (χ0) is 27.5. The molecule has 0 amide bonds. The van der Waals surface area contributed by atoms with E-state index in [4.69, 9.17) is 6.57 Å². The second-order valence-corrected chi connectivity index (χ2v) is 10.3. The number of nitriles is 3. The second-order valence-electron chi connectivity index (χ2n) is 10.3. The van der Waals surface area contributed by atoms with Gasteiger partial charge in [-0.2, -0.15) is 15.8 Å². The van der Waals surface area contributed by atoms with Crippen molar-refractivity contribution < 1.29 is 0 Å². The summed E-state index contributed by atoms with van der Waals surface area (Å²) in [5.74, 6) is 0. The first-order valence-corrected chi connectivity index (χ1v) is 12.5. The molecule has 2 aliphatic heterocycles. The minimum absolute atomic E-state index is 0.267. The second kappa shape index (κ2) is 8.53. The molecule has 2 heterocycles. The van der Waals surface area contributed by atoms with Crippen molar-refractivity contribution in [3.8, 4) is 18.2 Å². The van der Waals surface area contributed by atoms with Gasteiger partial charge < -0.3 is 9.71 Å². The molecule has 39 heavy (non-hydrogen) atoms. The van der Waals surface area contributed by atoms with Crippen LogP contribution in [-0.2, 0) is 5.41 Å². The maximum atomic E-state index is 10.3. The van der Waals surface area contributed by atoms with Crippen LogP contribution in [0.4, 0.5) is 28.4 Å². The van der Waals surface area contributed by atoms with E-state index in [-0.39, 0.29) is 12.3 Å². The molecule has 4 aromatic rings. The van der Waals surface area contributed by atoms with E-state index in [1.54, 1.807) is 24.3 Å². The Morgan fingerprint density at radius 2 is 1.31 bits per heavy atom. The van der Waals surface area contributed by atoms with Gasteiger partial charge in [-0.25, -0.2) is 4.85 Å². The molecule has 0 saturated carbocycles. The maximum Gasteiger partial charge on any atom is 0.328 e. The third kappa shape index (κ3) is 3.25. The van der Waals surface area contributed by atoms with Gasteiger partial charge in [0.05, 0.1) is 52.1 Å². The van der Waals surface area contributed by atoms with Crippen LogP contribution in [0.1, 0.15) is 41.7 Å². The summed E-state index contributed by atoms with van der Waals surface area (Å²) in [5, 5.41) is 30.4. The van der Waals surface area contributed by atoms with Crippen LogP contribution in [0, 0.1) is 40.6 Å². The minimum Gasteiger partial charge on any atom is -0.371 e. The van der Waals surface area contributed by atoms with Crippen LogP contribution in [0.25, 0.3) is 4.85 Å². The van der Waals surface area contributed by atoms with Crippen LogP contribution in [0.15, 0.2) is 72.8 Å². The van der Waals surface area contributed by atoms with Crippen LogP contribution >= 0.6 is 0 Å². The summed E-state index contributed by atoms with van der Waals surface area (Å²) < 4.78 is 0. The first kappa shape index (κ1) is 23.9. The topological polar surface area (TPSA) is 82.2 Å². The molecule has 6 nitrogen and oxygen atoms in total. The van der Waals surface area contributed by atoms with Gasteiger partial charge in [0.25, 0.3) is 0 Å². The highest BCUT2D eigenvalue weighted by Crippen LogP contribution is 2.52. The van der Waals surface area contributed by atoms with Gasteiger partial charge in [-0.05, 0) is 46.3 Å². The molecule has 0 spiro atoms. The zero-order valence-corrected chi connectivity index (χ0v) is 21.7. The lowest BCUT2D eigenvalue weighted by Gasteiger charge is -2.47. The van der Waals surface area contributed by atoms with Crippen molar-refractivity contribution >= 4 is 46.2 Å². The van der Waals surface area contributed by atoms with Crippen LogP contribution in [0.2, 0.25) is 0 Å². The lowest BCUT2D eigenvalue weighted by molar-refractivity contribution is 0.645. The van der Waals surface area contributed by atoms with Crippen molar-refractivity contribution in [3.05, 3.63) is 112 Å². The Bertz CT molecular complexity index is 1750. The number of nitrogens with zero attached hydrogens (tertiary/aromatic N) is 6. The zero-order valence-electron chi connectivity index (χ0n) is 21.7. The van der Waals surface area contributed by atoms with Crippen molar-refractivity contribution in [1.29, 1.82) is 15.8 Å². The van der Waals surface area contributed by atoms with Crippen molar-refractivity contribution in [2.24, 2.45) is 0 Å². The van der Waals surface area contributed by atoms with E-state index in [1.165, 1.54) is 11.1 Å². The molecular formula is C32H21BN6. The Morgan fingerprint density at radius 1 is 0.769 bits per heavy atom. The van der Waals surface area contributed by atoms with Crippen LogP contribution in [-0.4, -0.2) is 13.9 Å². The summed E-state index contributed by atoms with van der Waals surface area (Å²) in [6, 6.07) is 30.2. The van der Waals surface area contributed by atoms with Crippen LogP contribution in [0.3, 0.4) is 0 Å². The van der Waals surface area contributed by atoms with Crippen molar-refractivity contribution in [2.75, 3.05) is 16.8 Å². The molecule has 0 aromatic heterocycles. The average molecular weight is 500 g/mol. The number of benzene rings is 4. The molecule has 0 saturated heterocycles. The number of hydrogen-bond donors (Lipinski definition) is 0. The standard InChI is InChI=1S/C32H21BN6/c1-32(2)24-9-5-7-11-26(24)33(27-12-8-6-10-25(27)32)39-30-21(18-35)13-20(17-34)14-28(30)38(4)29-16-23(37-3)15-22(19-36)31(29)39/h5-16H,1-2,4H3. The van der Waals surface area contributed by atoms with E-state index in [2.05, 4.69) is 66.0 Å². The van der Waals surface area contributed by atoms with E-state index in [9.17, 15) is 15.8 Å². The Kier molecular flexibility index (Phi) is 5.22. The number of fused-ring (bicyclic) bond motifs is 4. The molecule has 0 fully saturated rings. The highest BCUT2D eigenvalue weighted by Gasteiger charge is 2.46. The van der Waals surface area contributed by atoms with E-state index in [0.29, 0.717) is 45.1 Å². The third-order valence-corrected chi connectivity index (χ3v) is 7.98. The van der Waals surface area contributed by atoms with Gasteiger partial charge >= 0.3 is 6.85 Å². The minimum atomic E-state index is -0.359. The van der Waals surface area contributed by atoms with Gasteiger partial charge in [-0.1, -0.05) is 62.4 Å². The van der Waals surface area contributed by atoms with Gasteiger partial charge in [0.2, 0.25) is 0 Å². The van der Waals surface area contributed by atoms with E-state index >= 15 is 0 Å². The van der Waals surface area contributed by atoms with Crippen LogP contribution < -0.4 is 20.6 Å². The fraction of sp³-hybridized carbons (Fsp3) is 0.125. The summed E-state index contributed by atoms with van der Waals surface area (Å²) in [5.41, 5.74) is 8.25. The highest BCUT2D eigenvalue weighted by molar-refractivity contribution is 6.90. The molecule has 0 bridgehead atoms. The molecule has 0 atom stereocenters. The molecule has 0 aliphatic carbocycles. The molecule has 2 aliphatic rings. The fourth-order valence-electron chi connectivity index (χ4n) is 6.24. The number of hydrogen-bond acceptors (Lipinski definition) is 5. The van der Waals surface area contributed by atoms with Crippen molar-refractivity contribution in [3.63, 3.8) is 0 Å². The molecular weight excluding hydrogens is 479 g/mol. The SMILES string of the molecule is [C-]#[N+]c1cc(C#N)c2c(c1)N(C)c1cc(C#N)cc(C#N)c1N2B1c2ccccc2C(C)(C)c2ccccc21. The summed E-state index contributed by atoms with van der Waals surface area (Å²) in [6.07, 6.45) is 0. The Hall–Kier alpha value is -5.50. The molecule has 0 N–H and O–H groups in total. The molecule has 4 aromatic carbocycles. The molecule has 0 unspecified atom stereocenters. The van der Waals surface area contributed by atoms with Crippen LogP contribution in [0.5, 0.6) is 0 Å². The predicted octanol–water partition coefficient (Wildman–Crippen LogP) is 5.52. The normalized spacial score (nSPS) is 14.0. The Labute approximate surface area is 228 Å². The fourth-order valence-corrected chi connectivity index (χ4v) is 6.24. The van der Waals surface area contributed by atoms with Gasteiger partial charge in [0, 0.05) is 12.5 Å². The summed E-state index contributed by atoms with van der Waals surface area (Å²) in [6.45, 7) is 11.7.